The van der Waals surface area contributed by atoms with E-state index in [0.29, 0.717) is 13.2 Å². The fourth-order valence-electron chi connectivity index (χ4n) is 2.27. The van der Waals surface area contributed by atoms with Crippen LogP contribution in [0.25, 0.3) is 0 Å². The summed E-state index contributed by atoms with van der Waals surface area (Å²) in [6.45, 7) is 6.41. The van der Waals surface area contributed by atoms with Gasteiger partial charge in [0.05, 0.1) is 12.3 Å². The van der Waals surface area contributed by atoms with Gasteiger partial charge in [-0.25, -0.2) is 4.79 Å². The van der Waals surface area contributed by atoms with Gasteiger partial charge in [-0.15, -0.1) is 0 Å². The molecule has 2 heterocycles. The molecule has 1 N–H and O–H groups in total. The van der Waals surface area contributed by atoms with Crippen LogP contribution in [0.5, 0.6) is 0 Å². The second-order valence-electron chi connectivity index (χ2n) is 4.71. The van der Waals surface area contributed by atoms with Gasteiger partial charge < -0.3 is 9.84 Å². The Kier molecular flexibility index (Phi) is 3.68. The molecule has 1 aromatic heterocycles. The minimum absolute atomic E-state index is 0.434. The number of aliphatic carboxylic acids is 1. The van der Waals surface area contributed by atoms with Crippen LogP contribution in [0, 0.1) is 13.8 Å². The first kappa shape index (κ1) is 13.0. The van der Waals surface area contributed by atoms with E-state index in [0.717, 1.165) is 24.5 Å². The maximum Gasteiger partial charge on any atom is 0.334 e. The summed E-state index contributed by atoms with van der Waals surface area (Å²) in [6.07, 6.45) is -0.712. The van der Waals surface area contributed by atoms with Gasteiger partial charge in [0.1, 0.15) is 0 Å². The minimum atomic E-state index is -0.890. The zero-order valence-electron chi connectivity index (χ0n) is 11.0. The van der Waals surface area contributed by atoms with Crippen molar-refractivity contribution in [2.24, 2.45) is 7.05 Å². The molecule has 6 nitrogen and oxygen atoms in total. The summed E-state index contributed by atoms with van der Waals surface area (Å²) in [5.74, 6) is -0.890. The SMILES string of the molecule is Cc1nn(C)c(C)c1CN1CCOC(C(=O)O)C1. The van der Waals surface area contributed by atoms with Crippen molar-refractivity contribution in [3.63, 3.8) is 0 Å². The van der Waals surface area contributed by atoms with Gasteiger partial charge in [0.15, 0.2) is 6.10 Å². The van der Waals surface area contributed by atoms with Crippen LogP contribution >= 0.6 is 0 Å². The molecule has 0 amide bonds. The van der Waals surface area contributed by atoms with Gasteiger partial charge in [0.2, 0.25) is 0 Å². The quantitative estimate of drug-likeness (QED) is 0.840. The van der Waals surface area contributed by atoms with Crippen molar-refractivity contribution in [3.8, 4) is 0 Å². The van der Waals surface area contributed by atoms with Crippen molar-refractivity contribution < 1.29 is 14.6 Å². The minimum Gasteiger partial charge on any atom is -0.479 e. The van der Waals surface area contributed by atoms with Gasteiger partial charge in [-0.3, -0.25) is 9.58 Å². The Morgan fingerprint density at radius 3 is 2.83 bits per heavy atom. The van der Waals surface area contributed by atoms with E-state index in [2.05, 4.69) is 10.00 Å². The number of aryl methyl sites for hydroxylation is 2. The average molecular weight is 253 g/mol. The highest BCUT2D eigenvalue weighted by atomic mass is 16.5. The first-order chi connectivity index (χ1) is 8.49. The van der Waals surface area contributed by atoms with Gasteiger partial charge in [0, 0.05) is 37.9 Å². The Morgan fingerprint density at radius 1 is 1.56 bits per heavy atom. The second-order valence-corrected chi connectivity index (χ2v) is 4.71. The highest BCUT2D eigenvalue weighted by Gasteiger charge is 2.27. The van der Waals surface area contributed by atoms with Crippen molar-refractivity contribution >= 4 is 5.97 Å². The molecular formula is C12H19N3O3. The van der Waals surface area contributed by atoms with Crippen LogP contribution in [0.4, 0.5) is 0 Å². The van der Waals surface area contributed by atoms with E-state index in [4.69, 9.17) is 9.84 Å². The lowest BCUT2D eigenvalue weighted by Gasteiger charge is -2.30. The maximum absolute atomic E-state index is 10.9. The number of nitrogens with zero attached hydrogens (tertiary/aromatic N) is 3. The first-order valence-electron chi connectivity index (χ1n) is 6.05. The fraction of sp³-hybridized carbons (Fsp3) is 0.667. The smallest absolute Gasteiger partial charge is 0.334 e. The molecule has 0 saturated carbocycles. The molecule has 1 aromatic rings. The lowest BCUT2D eigenvalue weighted by atomic mass is 10.1. The number of carbonyl (C=O) groups is 1. The molecule has 1 aliphatic heterocycles. The normalized spacial score (nSPS) is 21.2. The number of ether oxygens (including phenoxy) is 1. The summed E-state index contributed by atoms with van der Waals surface area (Å²) in [7, 11) is 1.92. The molecule has 0 bridgehead atoms. The summed E-state index contributed by atoms with van der Waals surface area (Å²) < 4.78 is 7.07. The molecule has 1 atom stereocenters. The molecule has 1 saturated heterocycles. The lowest BCUT2D eigenvalue weighted by molar-refractivity contribution is -0.156. The summed E-state index contributed by atoms with van der Waals surface area (Å²) in [6, 6.07) is 0. The molecule has 100 valence electrons. The molecule has 0 radical (unpaired) electrons. The van der Waals surface area contributed by atoms with E-state index >= 15 is 0 Å². The lowest BCUT2D eigenvalue weighted by Crippen LogP contribution is -2.45. The molecule has 0 spiro atoms. The number of aromatic nitrogens is 2. The summed E-state index contributed by atoms with van der Waals surface area (Å²) in [5, 5.41) is 13.3. The van der Waals surface area contributed by atoms with Crippen LogP contribution in [0.3, 0.4) is 0 Å². The maximum atomic E-state index is 10.9. The van der Waals surface area contributed by atoms with Crippen LogP contribution in [0.1, 0.15) is 17.0 Å². The standard InChI is InChI=1S/C12H19N3O3/c1-8-10(9(2)14(3)13-8)6-15-4-5-18-11(7-15)12(16)17/h11H,4-7H2,1-3H3,(H,16,17). The fourth-order valence-corrected chi connectivity index (χ4v) is 2.27. The Hall–Kier alpha value is -1.40. The third-order valence-electron chi connectivity index (χ3n) is 3.47. The second kappa shape index (κ2) is 5.07. The number of rotatable bonds is 3. The van der Waals surface area contributed by atoms with Crippen LogP contribution in [-0.2, 0) is 23.1 Å². The Bertz CT molecular complexity index is 456. The molecule has 18 heavy (non-hydrogen) atoms. The Morgan fingerprint density at radius 2 is 2.28 bits per heavy atom. The molecule has 1 fully saturated rings. The van der Waals surface area contributed by atoms with Crippen LogP contribution < -0.4 is 0 Å². The largest absolute Gasteiger partial charge is 0.479 e. The highest BCUT2D eigenvalue weighted by molar-refractivity contribution is 5.72. The van der Waals surface area contributed by atoms with E-state index in [9.17, 15) is 4.79 Å². The Labute approximate surface area is 106 Å². The number of carboxylic acids is 1. The molecule has 1 aliphatic rings. The van der Waals surface area contributed by atoms with Gasteiger partial charge in [-0.2, -0.15) is 5.10 Å². The van der Waals surface area contributed by atoms with Gasteiger partial charge in [-0.1, -0.05) is 0 Å². The Balaban J connectivity index is 2.07. The molecule has 0 aromatic carbocycles. The predicted molar refractivity (Wildman–Crippen MR) is 65.3 cm³/mol. The zero-order chi connectivity index (χ0) is 13.3. The number of morpholine rings is 1. The predicted octanol–water partition coefficient (Wildman–Crippen LogP) is 0.322. The zero-order valence-corrected chi connectivity index (χ0v) is 11.0. The molecule has 6 heteroatoms. The van der Waals surface area contributed by atoms with E-state index in [-0.39, 0.29) is 0 Å². The number of hydrogen-bond acceptors (Lipinski definition) is 4. The van der Waals surface area contributed by atoms with Crippen molar-refractivity contribution in [2.75, 3.05) is 19.7 Å². The molecular weight excluding hydrogens is 234 g/mol. The average Bonchev–Trinajstić information content (AvgIpc) is 2.56. The topological polar surface area (TPSA) is 67.6 Å². The van der Waals surface area contributed by atoms with Gasteiger partial charge in [-0.05, 0) is 13.8 Å². The molecule has 0 aliphatic carbocycles. The third kappa shape index (κ3) is 2.54. The van der Waals surface area contributed by atoms with E-state index in [1.165, 1.54) is 5.56 Å². The van der Waals surface area contributed by atoms with Gasteiger partial charge in [0.25, 0.3) is 0 Å². The van der Waals surface area contributed by atoms with Gasteiger partial charge >= 0.3 is 5.97 Å². The molecule has 1 unspecified atom stereocenters. The van der Waals surface area contributed by atoms with E-state index < -0.39 is 12.1 Å². The van der Waals surface area contributed by atoms with E-state index in [1.807, 2.05) is 25.6 Å². The van der Waals surface area contributed by atoms with Crippen LogP contribution in [-0.4, -0.2) is 51.6 Å². The summed E-state index contributed by atoms with van der Waals surface area (Å²) in [5.41, 5.74) is 3.32. The van der Waals surface area contributed by atoms with Crippen molar-refractivity contribution in [1.82, 2.24) is 14.7 Å². The third-order valence-corrected chi connectivity index (χ3v) is 3.47. The molecule has 2 rings (SSSR count). The summed E-state index contributed by atoms with van der Waals surface area (Å²) in [4.78, 5) is 13.0. The summed E-state index contributed by atoms with van der Waals surface area (Å²) >= 11 is 0. The van der Waals surface area contributed by atoms with Crippen LogP contribution in [0.2, 0.25) is 0 Å². The van der Waals surface area contributed by atoms with Crippen molar-refractivity contribution in [2.45, 2.75) is 26.5 Å². The van der Waals surface area contributed by atoms with Crippen LogP contribution in [0.15, 0.2) is 0 Å². The first-order valence-corrected chi connectivity index (χ1v) is 6.05. The highest BCUT2D eigenvalue weighted by Crippen LogP contribution is 2.16. The number of carboxylic acid groups (broad SMARTS) is 1. The monoisotopic (exact) mass is 253 g/mol. The van der Waals surface area contributed by atoms with Crippen molar-refractivity contribution in [1.29, 1.82) is 0 Å². The van der Waals surface area contributed by atoms with Crippen molar-refractivity contribution in [3.05, 3.63) is 17.0 Å². The number of hydrogen-bond donors (Lipinski definition) is 1. The van der Waals surface area contributed by atoms with E-state index in [1.54, 1.807) is 0 Å².